The van der Waals surface area contributed by atoms with E-state index in [1.807, 2.05) is 32.5 Å². The molecule has 1 rings (SSSR count). The highest BCUT2D eigenvalue weighted by Gasteiger charge is 2.24. The molecule has 0 saturated heterocycles. The minimum absolute atomic E-state index is 0.337. The van der Waals surface area contributed by atoms with Crippen molar-refractivity contribution in [3.8, 4) is 0 Å². The van der Waals surface area contributed by atoms with Crippen molar-refractivity contribution < 1.29 is 13.2 Å². The van der Waals surface area contributed by atoms with E-state index in [1.165, 1.54) is 4.31 Å². The van der Waals surface area contributed by atoms with Crippen molar-refractivity contribution in [1.82, 2.24) is 14.2 Å². The van der Waals surface area contributed by atoms with E-state index >= 15 is 0 Å². The van der Waals surface area contributed by atoms with Gasteiger partial charge in [0.05, 0.1) is 6.61 Å². The van der Waals surface area contributed by atoms with Crippen LogP contribution in [0.15, 0.2) is 17.2 Å². The van der Waals surface area contributed by atoms with Crippen LogP contribution in [0.5, 0.6) is 0 Å². The number of ether oxygens (including phenoxy) is 1. The van der Waals surface area contributed by atoms with Crippen LogP contribution in [0.1, 0.15) is 19.5 Å². The number of sulfonamides is 1. The molecule has 0 atom stereocenters. The van der Waals surface area contributed by atoms with Gasteiger partial charge in [0, 0.05) is 45.2 Å². The molecular formula is C13H25N3O3S. The predicted octanol–water partition coefficient (Wildman–Crippen LogP) is 0.792. The standard InChI is InChI=1S/C13H25N3O3S/c1-5-16(7-8-19-6-2)20(17,18)13-9-12(10-14-3)15(4)11-13/h9,11,14H,5-8,10H2,1-4H3. The summed E-state index contributed by atoms with van der Waals surface area (Å²) in [6.45, 7) is 6.19. The molecule has 0 spiro atoms. The van der Waals surface area contributed by atoms with E-state index in [0.717, 1.165) is 5.69 Å². The van der Waals surface area contributed by atoms with Gasteiger partial charge in [-0.25, -0.2) is 8.42 Å². The van der Waals surface area contributed by atoms with Crippen LogP contribution in [0, 0.1) is 0 Å². The molecule has 20 heavy (non-hydrogen) atoms. The lowest BCUT2D eigenvalue weighted by atomic mass is 10.4. The maximum Gasteiger partial charge on any atom is 0.244 e. The summed E-state index contributed by atoms with van der Waals surface area (Å²) in [5, 5.41) is 3.03. The lowest BCUT2D eigenvalue weighted by molar-refractivity contribution is 0.135. The summed E-state index contributed by atoms with van der Waals surface area (Å²) >= 11 is 0. The summed E-state index contributed by atoms with van der Waals surface area (Å²) in [6, 6.07) is 1.72. The zero-order valence-corrected chi connectivity index (χ0v) is 13.5. The number of aryl methyl sites for hydroxylation is 1. The highest BCUT2D eigenvalue weighted by Crippen LogP contribution is 2.18. The van der Waals surface area contributed by atoms with Gasteiger partial charge in [-0.3, -0.25) is 0 Å². The molecule has 0 aliphatic carbocycles. The molecule has 0 unspecified atom stereocenters. The fourth-order valence-corrected chi connectivity index (χ4v) is 3.51. The second-order valence-corrected chi connectivity index (χ2v) is 6.44. The molecule has 1 heterocycles. The Morgan fingerprint density at radius 3 is 2.65 bits per heavy atom. The number of likely N-dealkylation sites (N-methyl/N-ethyl adjacent to an activating group) is 1. The number of hydrogen-bond acceptors (Lipinski definition) is 4. The van der Waals surface area contributed by atoms with Crippen LogP contribution in [0.2, 0.25) is 0 Å². The van der Waals surface area contributed by atoms with Gasteiger partial charge >= 0.3 is 0 Å². The minimum Gasteiger partial charge on any atom is -0.380 e. The highest BCUT2D eigenvalue weighted by atomic mass is 32.2. The molecule has 0 radical (unpaired) electrons. The van der Waals surface area contributed by atoms with Gasteiger partial charge in [0.1, 0.15) is 4.90 Å². The summed E-state index contributed by atoms with van der Waals surface area (Å²) in [7, 11) is 0.237. The fourth-order valence-electron chi connectivity index (χ4n) is 1.98. The van der Waals surface area contributed by atoms with Crippen molar-refractivity contribution >= 4 is 10.0 Å². The normalized spacial score (nSPS) is 12.2. The Morgan fingerprint density at radius 1 is 1.40 bits per heavy atom. The number of aromatic nitrogens is 1. The first-order valence-electron chi connectivity index (χ1n) is 6.85. The van der Waals surface area contributed by atoms with Crippen LogP contribution >= 0.6 is 0 Å². The Kier molecular flexibility index (Phi) is 6.67. The van der Waals surface area contributed by atoms with Crippen molar-refractivity contribution in [3.63, 3.8) is 0 Å². The SMILES string of the molecule is CCOCCN(CC)S(=O)(=O)c1cc(CNC)n(C)c1. The van der Waals surface area contributed by atoms with Crippen LogP contribution < -0.4 is 5.32 Å². The first kappa shape index (κ1) is 17.2. The molecule has 1 aromatic rings. The van der Waals surface area contributed by atoms with E-state index in [2.05, 4.69) is 5.32 Å². The molecule has 0 saturated carbocycles. The van der Waals surface area contributed by atoms with Gasteiger partial charge in [-0.1, -0.05) is 6.92 Å². The minimum atomic E-state index is -3.45. The Labute approximate surface area is 121 Å². The first-order valence-corrected chi connectivity index (χ1v) is 8.29. The molecule has 116 valence electrons. The van der Waals surface area contributed by atoms with E-state index in [-0.39, 0.29) is 0 Å². The zero-order chi connectivity index (χ0) is 15.2. The van der Waals surface area contributed by atoms with Crippen LogP contribution in [0.3, 0.4) is 0 Å². The molecule has 0 aliphatic rings. The third-order valence-corrected chi connectivity index (χ3v) is 5.06. The van der Waals surface area contributed by atoms with Crippen LogP contribution in [0.25, 0.3) is 0 Å². The van der Waals surface area contributed by atoms with Crippen molar-refractivity contribution in [2.24, 2.45) is 7.05 Å². The topological polar surface area (TPSA) is 63.6 Å². The third kappa shape index (κ3) is 4.05. The molecule has 0 aromatic carbocycles. The average Bonchev–Trinajstić information content (AvgIpc) is 2.77. The summed E-state index contributed by atoms with van der Waals surface area (Å²) in [5.74, 6) is 0. The lowest BCUT2D eigenvalue weighted by Gasteiger charge is -2.19. The Hall–Kier alpha value is -0.890. The van der Waals surface area contributed by atoms with Crippen molar-refractivity contribution in [1.29, 1.82) is 0 Å². The van der Waals surface area contributed by atoms with E-state index in [9.17, 15) is 8.42 Å². The van der Waals surface area contributed by atoms with Gasteiger partial charge in [0.15, 0.2) is 0 Å². The van der Waals surface area contributed by atoms with E-state index in [4.69, 9.17) is 4.74 Å². The molecule has 0 aliphatic heterocycles. The quantitative estimate of drug-likeness (QED) is 0.685. The second-order valence-electron chi connectivity index (χ2n) is 4.50. The molecule has 1 aromatic heterocycles. The number of nitrogens with one attached hydrogen (secondary N) is 1. The number of nitrogens with zero attached hydrogens (tertiary/aromatic N) is 2. The molecule has 1 N–H and O–H groups in total. The summed E-state index contributed by atoms with van der Waals surface area (Å²) < 4.78 is 33.6. The van der Waals surface area contributed by atoms with Crippen LogP contribution in [-0.4, -0.2) is 50.6 Å². The molecule has 6 nitrogen and oxygen atoms in total. The zero-order valence-electron chi connectivity index (χ0n) is 12.7. The van der Waals surface area contributed by atoms with Gasteiger partial charge in [-0.05, 0) is 20.0 Å². The summed E-state index contributed by atoms with van der Waals surface area (Å²) in [6.07, 6.45) is 1.66. The lowest BCUT2D eigenvalue weighted by Crippen LogP contribution is -2.33. The highest BCUT2D eigenvalue weighted by molar-refractivity contribution is 7.89. The smallest absolute Gasteiger partial charge is 0.244 e. The number of hydrogen-bond donors (Lipinski definition) is 1. The average molecular weight is 303 g/mol. The van der Waals surface area contributed by atoms with E-state index in [0.29, 0.717) is 37.7 Å². The summed E-state index contributed by atoms with van der Waals surface area (Å²) in [4.78, 5) is 0.337. The molecule has 0 fully saturated rings. The van der Waals surface area contributed by atoms with Crippen LogP contribution in [-0.2, 0) is 28.4 Å². The number of rotatable bonds is 9. The largest absolute Gasteiger partial charge is 0.380 e. The second kappa shape index (κ2) is 7.78. The van der Waals surface area contributed by atoms with E-state index < -0.39 is 10.0 Å². The van der Waals surface area contributed by atoms with Crippen molar-refractivity contribution in [3.05, 3.63) is 18.0 Å². The molecular weight excluding hydrogens is 278 g/mol. The van der Waals surface area contributed by atoms with Crippen molar-refractivity contribution in [2.45, 2.75) is 25.3 Å². The monoisotopic (exact) mass is 303 g/mol. The van der Waals surface area contributed by atoms with Gasteiger partial charge in [-0.2, -0.15) is 4.31 Å². The van der Waals surface area contributed by atoms with E-state index in [1.54, 1.807) is 12.3 Å². The Bertz CT molecular complexity index is 511. The Balaban J connectivity index is 2.92. The van der Waals surface area contributed by atoms with Gasteiger partial charge in [-0.15, -0.1) is 0 Å². The fraction of sp³-hybridized carbons (Fsp3) is 0.692. The third-order valence-electron chi connectivity index (χ3n) is 3.12. The van der Waals surface area contributed by atoms with Gasteiger partial charge in [0.2, 0.25) is 10.0 Å². The predicted molar refractivity (Wildman–Crippen MR) is 79.1 cm³/mol. The first-order chi connectivity index (χ1) is 9.47. The Morgan fingerprint density at radius 2 is 2.10 bits per heavy atom. The maximum atomic E-state index is 12.6. The summed E-state index contributed by atoms with van der Waals surface area (Å²) in [5.41, 5.74) is 0.937. The molecule has 0 bridgehead atoms. The molecule has 7 heteroatoms. The van der Waals surface area contributed by atoms with Gasteiger partial charge in [0.25, 0.3) is 0 Å². The molecule has 0 amide bonds. The maximum absolute atomic E-state index is 12.6. The van der Waals surface area contributed by atoms with Crippen molar-refractivity contribution in [2.75, 3.05) is 33.4 Å². The van der Waals surface area contributed by atoms with Gasteiger partial charge < -0.3 is 14.6 Å². The van der Waals surface area contributed by atoms with Crippen LogP contribution in [0.4, 0.5) is 0 Å².